The van der Waals surface area contributed by atoms with Crippen molar-refractivity contribution in [2.24, 2.45) is 0 Å². The molecule has 7 nitrogen and oxygen atoms in total. The summed E-state index contributed by atoms with van der Waals surface area (Å²) >= 11 is 0. The van der Waals surface area contributed by atoms with Crippen LogP contribution in [-0.2, 0) is 30.2 Å². The predicted octanol–water partition coefficient (Wildman–Crippen LogP) is 2.57. The molecule has 144 valence electrons. The number of ether oxygens (including phenoxy) is 3. The Kier molecular flexibility index (Phi) is 9.82. The first-order chi connectivity index (χ1) is 12.5. The van der Waals surface area contributed by atoms with Crippen LogP contribution < -0.4 is 0 Å². The molecule has 0 saturated heterocycles. The maximum absolute atomic E-state index is 12.5. The number of nitrogens with zero attached hydrogens (tertiary/aromatic N) is 1. The Bertz CT molecular complexity index is 575. The summed E-state index contributed by atoms with van der Waals surface area (Å²) in [5, 5.41) is 0. The highest BCUT2D eigenvalue weighted by molar-refractivity contribution is 5.82. The van der Waals surface area contributed by atoms with Crippen molar-refractivity contribution in [1.29, 1.82) is 0 Å². The Morgan fingerprint density at radius 1 is 0.923 bits per heavy atom. The molecule has 0 radical (unpaired) electrons. The molecular formula is C19H27NO6. The molecule has 0 N–H and O–H groups in total. The van der Waals surface area contributed by atoms with Gasteiger partial charge in [0, 0.05) is 13.0 Å². The van der Waals surface area contributed by atoms with Gasteiger partial charge in [0.1, 0.15) is 6.04 Å². The molecule has 26 heavy (non-hydrogen) atoms. The second-order valence-electron chi connectivity index (χ2n) is 5.40. The Hall–Kier alpha value is -2.57. The Labute approximate surface area is 154 Å². The Morgan fingerprint density at radius 2 is 1.54 bits per heavy atom. The van der Waals surface area contributed by atoms with E-state index in [1.165, 1.54) is 4.90 Å². The van der Waals surface area contributed by atoms with Crippen LogP contribution in [0.15, 0.2) is 30.3 Å². The van der Waals surface area contributed by atoms with E-state index < -0.39 is 24.1 Å². The van der Waals surface area contributed by atoms with Crippen LogP contribution in [0.4, 0.5) is 4.79 Å². The third-order valence-corrected chi connectivity index (χ3v) is 3.57. The third-order valence-electron chi connectivity index (χ3n) is 3.57. The molecule has 7 heteroatoms. The summed E-state index contributed by atoms with van der Waals surface area (Å²) < 4.78 is 15.1. The van der Waals surface area contributed by atoms with Crippen molar-refractivity contribution < 1.29 is 28.6 Å². The normalized spacial score (nSPS) is 11.3. The number of esters is 2. The topological polar surface area (TPSA) is 82.1 Å². The lowest BCUT2D eigenvalue weighted by atomic mass is 10.0. The van der Waals surface area contributed by atoms with Crippen LogP contribution >= 0.6 is 0 Å². The number of carbonyl (C=O) groups excluding carboxylic acids is 3. The SMILES string of the molecule is CCOC(=O)CCN(C(=O)OCC)C(Cc1ccccc1)C(=O)OCC. The fourth-order valence-electron chi connectivity index (χ4n) is 2.42. The second kappa shape index (κ2) is 11.9. The van der Waals surface area contributed by atoms with Crippen molar-refractivity contribution in [3.05, 3.63) is 35.9 Å². The molecule has 1 aromatic carbocycles. The summed E-state index contributed by atoms with van der Waals surface area (Å²) in [4.78, 5) is 37.8. The smallest absolute Gasteiger partial charge is 0.410 e. The summed E-state index contributed by atoms with van der Waals surface area (Å²) in [5.41, 5.74) is 0.871. The summed E-state index contributed by atoms with van der Waals surface area (Å²) in [5.74, 6) is -0.975. The Morgan fingerprint density at radius 3 is 2.12 bits per heavy atom. The van der Waals surface area contributed by atoms with E-state index in [0.717, 1.165) is 5.56 Å². The number of carbonyl (C=O) groups is 3. The average molecular weight is 365 g/mol. The second-order valence-corrected chi connectivity index (χ2v) is 5.40. The van der Waals surface area contributed by atoms with E-state index in [9.17, 15) is 14.4 Å². The fraction of sp³-hybridized carbons (Fsp3) is 0.526. The molecule has 0 bridgehead atoms. The zero-order valence-electron chi connectivity index (χ0n) is 15.6. The monoisotopic (exact) mass is 365 g/mol. The van der Waals surface area contributed by atoms with Crippen molar-refractivity contribution >= 4 is 18.0 Å². The van der Waals surface area contributed by atoms with Crippen molar-refractivity contribution in [3.8, 4) is 0 Å². The number of hydrogen-bond acceptors (Lipinski definition) is 6. The van der Waals surface area contributed by atoms with Crippen molar-refractivity contribution in [1.82, 2.24) is 4.90 Å². The molecule has 0 aliphatic rings. The molecule has 0 saturated carbocycles. The zero-order valence-corrected chi connectivity index (χ0v) is 15.6. The lowest BCUT2D eigenvalue weighted by Crippen LogP contribution is -2.48. The Balaban J connectivity index is 3.02. The summed E-state index contributed by atoms with van der Waals surface area (Å²) in [6.45, 7) is 5.70. The van der Waals surface area contributed by atoms with Crippen LogP contribution in [0.1, 0.15) is 32.8 Å². The maximum Gasteiger partial charge on any atom is 0.410 e. The van der Waals surface area contributed by atoms with E-state index in [-0.39, 0.29) is 39.2 Å². The highest BCUT2D eigenvalue weighted by atomic mass is 16.6. The van der Waals surface area contributed by atoms with Gasteiger partial charge in [-0.3, -0.25) is 9.69 Å². The largest absolute Gasteiger partial charge is 0.466 e. The van der Waals surface area contributed by atoms with Gasteiger partial charge in [-0.1, -0.05) is 30.3 Å². The molecule has 0 spiro atoms. The van der Waals surface area contributed by atoms with Gasteiger partial charge in [-0.15, -0.1) is 0 Å². The van der Waals surface area contributed by atoms with Gasteiger partial charge in [0.2, 0.25) is 0 Å². The lowest BCUT2D eigenvalue weighted by Gasteiger charge is -2.29. The molecule has 1 amide bonds. The van der Waals surface area contributed by atoms with Gasteiger partial charge < -0.3 is 14.2 Å². The van der Waals surface area contributed by atoms with Gasteiger partial charge >= 0.3 is 18.0 Å². The standard InChI is InChI=1S/C19H27NO6/c1-4-24-17(21)12-13-20(19(23)26-6-3)16(18(22)25-5-2)14-15-10-8-7-9-11-15/h7-11,16H,4-6,12-14H2,1-3H3. The van der Waals surface area contributed by atoms with E-state index in [1.54, 1.807) is 20.8 Å². The summed E-state index contributed by atoms with van der Waals surface area (Å²) in [6.07, 6.45) is -0.427. The van der Waals surface area contributed by atoms with Crippen LogP contribution in [0, 0.1) is 0 Å². The third kappa shape index (κ3) is 7.13. The average Bonchev–Trinajstić information content (AvgIpc) is 2.62. The molecular weight excluding hydrogens is 338 g/mol. The highest BCUT2D eigenvalue weighted by Gasteiger charge is 2.32. The first kappa shape index (κ1) is 21.5. The molecule has 1 unspecified atom stereocenters. The lowest BCUT2D eigenvalue weighted by molar-refractivity contribution is -0.150. The first-order valence-electron chi connectivity index (χ1n) is 8.82. The van der Waals surface area contributed by atoms with Crippen LogP contribution in [-0.4, -0.2) is 55.3 Å². The number of hydrogen-bond donors (Lipinski definition) is 0. The number of rotatable bonds is 10. The van der Waals surface area contributed by atoms with Crippen molar-refractivity contribution in [2.75, 3.05) is 26.4 Å². The molecule has 1 atom stereocenters. The number of benzene rings is 1. The minimum absolute atomic E-state index is 0.00792. The number of amides is 1. The van der Waals surface area contributed by atoms with Gasteiger partial charge in [0.15, 0.2) is 0 Å². The van der Waals surface area contributed by atoms with Crippen molar-refractivity contribution in [2.45, 2.75) is 39.7 Å². The predicted molar refractivity (Wildman–Crippen MR) is 95.5 cm³/mol. The summed E-state index contributed by atoms with van der Waals surface area (Å²) in [6, 6.07) is 8.41. The van der Waals surface area contributed by atoms with E-state index in [1.807, 2.05) is 30.3 Å². The van der Waals surface area contributed by atoms with E-state index in [0.29, 0.717) is 0 Å². The quantitative estimate of drug-likeness (QED) is 0.468. The molecule has 0 aliphatic carbocycles. The van der Waals surface area contributed by atoms with Gasteiger partial charge in [0.25, 0.3) is 0 Å². The van der Waals surface area contributed by atoms with E-state index in [2.05, 4.69) is 0 Å². The minimum Gasteiger partial charge on any atom is -0.466 e. The zero-order chi connectivity index (χ0) is 19.4. The highest BCUT2D eigenvalue weighted by Crippen LogP contribution is 2.14. The van der Waals surface area contributed by atoms with Crippen molar-refractivity contribution in [3.63, 3.8) is 0 Å². The van der Waals surface area contributed by atoms with E-state index in [4.69, 9.17) is 14.2 Å². The van der Waals surface area contributed by atoms with Gasteiger partial charge in [-0.05, 0) is 26.3 Å². The molecule has 0 heterocycles. The minimum atomic E-state index is -0.883. The maximum atomic E-state index is 12.5. The van der Waals surface area contributed by atoms with E-state index >= 15 is 0 Å². The van der Waals surface area contributed by atoms with Gasteiger partial charge in [-0.25, -0.2) is 9.59 Å². The summed E-state index contributed by atoms with van der Waals surface area (Å²) in [7, 11) is 0. The molecule has 0 aromatic heterocycles. The van der Waals surface area contributed by atoms with Gasteiger partial charge in [0.05, 0.1) is 26.2 Å². The first-order valence-corrected chi connectivity index (χ1v) is 8.82. The molecule has 1 rings (SSSR count). The molecule has 1 aromatic rings. The molecule has 0 fully saturated rings. The van der Waals surface area contributed by atoms with Crippen LogP contribution in [0.25, 0.3) is 0 Å². The van der Waals surface area contributed by atoms with Gasteiger partial charge in [-0.2, -0.15) is 0 Å². The van der Waals surface area contributed by atoms with Crippen LogP contribution in [0.2, 0.25) is 0 Å². The molecule has 0 aliphatic heterocycles. The fourth-order valence-corrected chi connectivity index (χ4v) is 2.42. The van der Waals surface area contributed by atoms with Crippen LogP contribution in [0.5, 0.6) is 0 Å². The van der Waals surface area contributed by atoms with Crippen LogP contribution in [0.3, 0.4) is 0 Å².